The van der Waals surface area contributed by atoms with Gasteiger partial charge in [-0.1, -0.05) is 18.2 Å². The number of carbonyl (C=O) groups is 1. The second-order valence-corrected chi connectivity index (χ2v) is 4.75. The molecule has 1 N–H and O–H groups in total. The lowest BCUT2D eigenvalue weighted by Crippen LogP contribution is -2.36. The van der Waals surface area contributed by atoms with E-state index in [1.165, 1.54) is 10.8 Å². The van der Waals surface area contributed by atoms with E-state index in [1.54, 1.807) is 18.1 Å². The molecule has 2 heterocycles. The highest BCUT2D eigenvalue weighted by Crippen LogP contribution is 2.36. The van der Waals surface area contributed by atoms with Gasteiger partial charge in [0.2, 0.25) is 0 Å². The van der Waals surface area contributed by atoms with Gasteiger partial charge in [-0.25, -0.2) is 9.78 Å². The molecule has 1 aliphatic heterocycles. The van der Waals surface area contributed by atoms with Crippen LogP contribution in [0, 0.1) is 0 Å². The van der Waals surface area contributed by atoms with Crippen LogP contribution in [0.25, 0.3) is 0 Å². The summed E-state index contributed by atoms with van der Waals surface area (Å²) in [5.74, 6) is -0.443. The molecular formula is C14H13N3O3. The Bertz CT molecular complexity index is 738. The molecule has 0 unspecified atom stereocenters. The zero-order chi connectivity index (χ0) is 14.3. The van der Waals surface area contributed by atoms with Gasteiger partial charge in [0, 0.05) is 25.4 Å². The van der Waals surface area contributed by atoms with Crippen molar-refractivity contribution in [3.8, 4) is 0 Å². The second kappa shape index (κ2) is 4.48. The van der Waals surface area contributed by atoms with Crippen molar-refractivity contribution in [3.05, 3.63) is 52.6 Å². The van der Waals surface area contributed by atoms with Crippen LogP contribution in [0.2, 0.25) is 0 Å². The summed E-state index contributed by atoms with van der Waals surface area (Å²) in [5, 5.41) is 9.40. The molecule has 0 saturated heterocycles. The van der Waals surface area contributed by atoms with Gasteiger partial charge in [0.05, 0.1) is 6.20 Å². The first-order valence-corrected chi connectivity index (χ1v) is 6.20. The number of hydrogen-bond donors (Lipinski definition) is 1. The number of carboxylic acids is 1. The van der Waals surface area contributed by atoms with Gasteiger partial charge in [-0.05, 0) is 11.6 Å². The number of carboxylic acid groups (broad SMARTS) is 1. The highest BCUT2D eigenvalue weighted by molar-refractivity contribution is 5.86. The number of rotatable bonds is 2. The molecule has 1 aromatic carbocycles. The first-order chi connectivity index (χ1) is 9.58. The van der Waals surface area contributed by atoms with Crippen LogP contribution in [0.15, 0.2) is 41.5 Å². The predicted molar refractivity (Wildman–Crippen MR) is 73.2 cm³/mol. The van der Waals surface area contributed by atoms with Crippen LogP contribution in [0.4, 0.5) is 11.5 Å². The summed E-state index contributed by atoms with van der Waals surface area (Å²) in [6.45, 7) is 0. The summed E-state index contributed by atoms with van der Waals surface area (Å²) in [6.07, 6.45) is 3.19. The molecule has 1 aromatic heterocycles. The molecule has 0 radical (unpaired) electrons. The van der Waals surface area contributed by atoms with Crippen LogP contribution >= 0.6 is 0 Å². The first kappa shape index (κ1) is 12.4. The molecule has 3 rings (SSSR count). The first-order valence-electron chi connectivity index (χ1n) is 6.20. The number of benzene rings is 1. The average molecular weight is 271 g/mol. The Hall–Kier alpha value is -2.63. The Morgan fingerprint density at radius 1 is 1.40 bits per heavy atom. The molecule has 102 valence electrons. The maximum Gasteiger partial charge on any atom is 0.327 e. The number of nitrogens with zero attached hydrogens (tertiary/aromatic N) is 3. The van der Waals surface area contributed by atoms with Crippen LogP contribution in [0.1, 0.15) is 5.56 Å². The van der Waals surface area contributed by atoms with Crippen molar-refractivity contribution in [3.63, 3.8) is 0 Å². The van der Waals surface area contributed by atoms with Crippen LogP contribution in [0.3, 0.4) is 0 Å². The lowest BCUT2D eigenvalue weighted by atomic mass is 10.1. The molecule has 0 bridgehead atoms. The molecule has 2 aromatic rings. The molecule has 0 amide bonds. The van der Waals surface area contributed by atoms with Gasteiger partial charge in [0.1, 0.15) is 6.04 Å². The van der Waals surface area contributed by atoms with E-state index < -0.39 is 12.0 Å². The third-order valence-electron chi connectivity index (χ3n) is 3.47. The smallest absolute Gasteiger partial charge is 0.327 e. The summed E-state index contributed by atoms with van der Waals surface area (Å²) in [5.41, 5.74) is 1.56. The number of aromatic nitrogens is 2. The summed E-state index contributed by atoms with van der Waals surface area (Å²) in [4.78, 5) is 28.6. The molecule has 1 aliphatic rings. The maximum atomic E-state index is 11.5. The number of para-hydroxylation sites is 1. The van der Waals surface area contributed by atoms with Crippen molar-refractivity contribution in [2.24, 2.45) is 7.05 Å². The van der Waals surface area contributed by atoms with Crippen molar-refractivity contribution in [1.29, 1.82) is 0 Å². The highest BCUT2D eigenvalue weighted by atomic mass is 16.4. The van der Waals surface area contributed by atoms with E-state index in [4.69, 9.17) is 0 Å². The summed E-state index contributed by atoms with van der Waals surface area (Å²) in [7, 11) is 1.62. The third kappa shape index (κ3) is 1.85. The van der Waals surface area contributed by atoms with E-state index in [0.717, 1.165) is 11.3 Å². The van der Waals surface area contributed by atoms with Crippen molar-refractivity contribution in [1.82, 2.24) is 9.55 Å². The lowest BCUT2D eigenvalue weighted by molar-refractivity contribution is -0.138. The minimum absolute atomic E-state index is 0.229. The van der Waals surface area contributed by atoms with E-state index in [0.29, 0.717) is 12.2 Å². The fourth-order valence-corrected chi connectivity index (χ4v) is 2.47. The Labute approximate surface area is 114 Å². The molecule has 0 fully saturated rings. The standard InChI is InChI=1S/C14H13N3O3/c1-16-8-12(15-7-13(16)18)17-10-5-3-2-4-9(10)6-11(17)14(19)20/h2-5,7-8,11H,6H2,1H3,(H,19,20)/t11-/m0/s1. The topological polar surface area (TPSA) is 75.4 Å². The van der Waals surface area contributed by atoms with Crippen molar-refractivity contribution in [2.45, 2.75) is 12.5 Å². The van der Waals surface area contributed by atoms with Crippen molar-refractivity contribution >= 4 is 17.5 Å². The van der Waals surface area contributed by atoms with E-state index >= 15 is 0 Å². The largest absolute Gasteiger partial charge is 0.480 e. The number of hydrogen-bond acceptors (Lipinski definition) is 4. The molecule has 6 heteroatoms. The summed E-state index contributed by atoms with van der Waals surface area (Å²) in [6, 6.07) is 6.82. The fraction of sp³-hybridized carbons (Fsp3) is 0.214. The lowest BCUT2D eigenvalue weighted by Gasteiger charge is -2.23. The van der Waals surface area contributed by atoms with Crippen LogP contribution < -0.4 is 10.5 Å². The quantitative estimate of drug-likeness (QED) is 0.879. The molecule has 0 spiro atoms. The van der Waals surface area contributed by atoms with E-state index in [2.05, 4.69) is 4.98 Å². The summed E-state index contributed by atoms with van der Waals surface area (Å²) >= 11 is 0. The van der Waals surface area contributed by atoms with E-state index in [9.17, 15) is 14.7 Å². The molecule has 0 saturated carbocycles. The normalized spacial score (nSPS) is 17.1. The number of aryl methyl sites for hydroxylation is 1. The van der Waals surface area contributed by atoms with Gasteiger partial charge >= 0.3 is 5.97 Å². The zero-order valence-corrected chi connectivity index (χ0v) is 10.9. The Morgan fingerprint density at radius 2 is 2.15 bits per heavy atom. The Balaban J connectivity index is 2.15. The molecule has 6 nitrogen and oxygen atoms in total. The third-order valence-corrected chi connectivity index (χ3v) is 3.47. The van der Waals surface area contributed by atoms with Crippen LogP contribution in [0.5, 0.6) is 0 Å². The molecule has 20 heavy (non-hydrogen) atoms. The molecule has 1 atom stereocenters. The number of aliphatic carboxylic acids is 1. The number of anilines is 2. The van der Waals surface area contributed by atoms with Gasteiger partial charge < -0.3 is 14.6 Å². The minimum atomic E-state index is -0.906. The Morgan fingerprint density at radius 3 is 2.85 bits per heavy atom. The van der Waals surface area contributed by atoms with Gasteiger partial charge in [0.25, 0.3) is 5.56 Å². The maximum absolute atomic E-state index is 11.5. The van der Waals surface area contributed by atoms with Gasteiger partial charge in [-0.3, -0.25) is 4.79 Å². The molecule has 0 aliphatic carbocycles. The SMILES string of the molecule is Cn1cc(N2c3ccccc3C[C@H]2C(=O)O)ncc1=O. The Kier molecular flexibility index (Phi) is 2.78. The zero-order valence-electron chi connectivity index (χ0n) is 10.9. The fourth-order valence-electron chi connectivity index (χ4n) is 2.47. The highest BCUT2D eigenvalue weighted by Gasteiger charge is 2.36. The van der Waals surface area contributed by atoms with Crippen molar-refractivity contribution in [2.75, 3.05) is 4.90 Å². The van der Waals surface area contributed by atoms with Gasteiger partial charge in [-0.2, -0.15) is 0 Å². The molecular weight excluding hydrogens is 258 g/mol. The number of fused-ring (bicyclic) bond motifs is 1. The van der Waals surface area contributed by atoms with Crippen LogP contribution in [-0.4, -0.2) is 26.7 Å². The second-order valence-electron chi connectivity index (χ2n) is 4.75. The summed E-state index contributed by atoms with van der Waals surface area (Å²) < 4.78 is 1.39. The van der Waals surface area contributed by atoms with E-state index in [1.807, 2.05) is 24.3 Å². The van der Waals surface area contributed by atoms with Crippen molar-refractivity contribution < 1.29 is 9.90 Å². The predicted octanol–water partition coefficient (Wildman–Crippen LogP) is 0.928. The van der Waals surface area contributed by atoms with Gasteiger partial charge in [0.15, 0.2) is 5.82 Å². The van der Waals surface area contributed by atoms with Gasteiger partial charge in [-0.15, -0.1) is 0 Å². The monoisotopic (exact) mass is 271 g/mol. The minimum Gasteiger partial charge on any atom is -0.480 e. The van der Waals surface area contributed by atoms with Crippen LogP contribution in [-0.2, 0) is 18.3 Å². The van der Waals surface area contributed by atoms with E-state index in [-0.39, 0.29) is 5.56 Å². The average Bonchev–Trinajstić information content (AvgIpc) is 2.81.